The van der Waals surface area contributed by atoms with Gasteiger partial charge in [0.2, 0.25) is 0 Å². The number of ether oxygens (including phenoxy) is 2. The number of esters is 2. The highest BCUT2D eigenvalue weighted by atomic mass is 16.5. The van der Waals surface area contributed by atoms with E-state index in [2.05, 4.69) is 0 Å². The Hall–Kier alpha value is -1.06. The Labute approximate surface area is 87.9 Å². The fourth-order valence-electron chi connectivity index (χ4n) is 3.91. The van der Waals surface area contributed by atoms with Crippen molar-refractivity contribution in [1.82, 2.24) is 0 Å². The number of methoxy groups -OCH3 is 1. The molecule has 0 aromatic carbocycles. The minimum Gasteiger partial charge on any atom is -0.469 e. The second-order valence-electron chi connectivity index (χ2n) is 4.84. The molecule has 4 aliphatic rings. The largest absolute Gasteiger partial charge is 0.469 e. The third kappa shape index (κ3) is 1.02. The van der Waals surface area contributed by atoms with E-state index in [0.29, 0.717) is 17.8 Å². The van der Waals surface area contributed by atoms with Crippen LogP contribution in [0.25, 0.3) is 0 Å². The predicted octanol–water partition coefficient (Wildman–Crippen LogP) is 0.603. The SMILES string of the molecule is COC(=O)[C@@H]1C2C3[C@@H]2C[C@@H]1[C@@H]3OC(C)=O. The van der Waals surface area contributed by atoms with Gasteiger partial charge in [-0.1, -0.05) is 0 Å². The fraction of sp³-hybridized carbons (Fsp3) is 0.818. The third-order valence-electron chi connectivity index (χ3n) is 4.29. The van der Waals surface area contributed by atoms with Gasteiger partial charge in [-0.15, -0.1) is 0 Å². The monoisotopic (exact) mass is 210 g/mol. The van der Waals surface area contributed by atoms with E-state index in [9.17, 15) is 9.59 Å². The first kappa shape index (κ1) is 9.19. The molecule has 4 saturated carbocycles. The van der Waals surface area contributed by atoms with Gasteiger partial charge in [0.25, 0.3) is 0 Å². The topological polar surface area (TPSA) is 52.6 Å². The smallest absolute Gasteiger partial charge is 0.309 e. The first-order valence-corrected chi connectivity index (χ1v) is 5.40. The summed E-state index contributed by atoms with van der Waals surface area (Å²) in [6.07, 6.45) is 1.02. The Morgan fingerprint density at radius 1 is 1.20 bits per heavy atom. The van der Waals surface area contributed by atoms with E-state index in [1.54, 1.807) is 0 Å². The van der Waals surface area contributed by atoms with Gasteiger partial charge in [0.05, 0.1) is 13.0 Å². The number of hydrogen-bond acceptors (Lipinski definition) is 4. The molecular formula is C11H14O4. The van der Waals surface area contributed by atoms with E-state index in [4.69, 9.17) is 9.47 Å². The molecule has 0 aromatic rings. The molecule has 4 fully saturated rings. The van der Waals surface area contributed by atoms with E-state index in [1.807, 2.05) is 0 Å². The first-order valence-electron chi connectivity index (χ1n) is 5.40. The summed E-state index contributed by atoms with van der Waals surface area (Å²) in [6.45, 7) is 1.43. The van der Waals surface area contributed by atoms with Crippen LogP contribution in [-0.2, 0) is 19.1 Å². The summed E-state index contributed by atoms with van der Waals surface area (Å²) in [5.74, 6) is 1.36. The van der Waals surface area contributed by atoms with Crippen LogP contribution in [0.15, 0.2) is 0 Å². The molecule has 0 amide bonds. The lowest BCUT2D eigenvalue weighted by Crippen LogP contribution is -2.27. The Bertz CT molecular complexity index is 337. The molecule has 6 atom stereocenters. The molecule has 0 aromatic heterocycles. The molecule has 4 aliphatic carbocycles. The molecule has 15 heavy (non-hydrogen) atoms. The minimum absolute atomic E-state index is 0.00523. The van der Waals surface area contributed by atoms with Gasteiger partial charge < -0.3 is 9.47 Å². The maximum Gasteiger partial charge on any atom is 0.309 e. The molecule has 4 heteroatoms. The average molecular weight is 210 g/mol. The molecule has 4 nitrogen and oxygen atoms in total. The molecule has 0 aliphatic heterocycles. The van der Waals surface area contributed by atoms with Gasteiger partial charge in [0.15, 0.2) is 0 Å². The maximum absolute atomic E-state index is 11.6. The van der Waals surface area contributed by atoms with Crippen molar-refractivity contribution in [3.8, 4) is 0 Å². The van der Waals surface area contributed by atoms with E-state index in [1.165, 1.54) is 14.0 Å². The Morgan fingerprint density at radius 2 is 1.93 bits per heavy atom. The molecule has 2 unspecified atom stereocenters. The molecule has 0 heterocycles. The van der Waals surface area contributed by atoms with Gasteiger partial charge in [-0.3, -0.25) is 9.59 Å². The highest BCUT2D eigenvalue weighted by molar-refractivity contribution is 5.76. The molecule has 4 bridgehead atoms. The Kier molecular flexibility index (Phi) is 1.68. The van der Waals surface area contributed by atoms with Gasteiger partial charge in [-0.25, -0.2) is 0 Å². The second kappa shape index (κ2) is 2.74. The van der Waals surface area contributed by atoms with Crippen LogP contribution in [0.5, 0.6) is 0 Å². The van der Waals surface area contributed by atoms with E-state index < -0.39 is 0 Å². The zero-order valence-corrected chi connectivity index (χ0v) is 8.80. The van der Waals surface area contributed by atoms with Crippen molar-refractivity contribution in [2.24, 2.45) is 29.6 Å². The average Bonchev–Trinajstić information content (AvgIpc) is 2.55. The molecule has 0 saturated heterocycles. The zero-order chi connectivity index (χ0) is 10.7. The van der Waals surface area contributed by atoms with Gasteiger partial charge >= 0.3 is 11.9 Å². The lowest BCUT2D eigenvalue weighted by atomic mass is 9.97. The van der Waals surface area contributed by atoms with Crippen molar-refractivity contribution in [2.75, 3.05) is 7.11 Å². The lowest BCUT2D eigenvalue weighted by molar-refractivity contribution is -0.153. The Balaban J connectivity index is 1.78. The van der Waals surface area contributed by atoms with Crippen LogP contribution in [0.1, 0.15) is 13.3 Å². The highest BCUT2D eigenvalue weighted by Gasteiger charge is 2.76. The molecule has 0 radical (unpaired) electrons. The second-order valence-corrected chi connectivity index (χ2v) is 4.84. The Morgan fingerprint density at radius 3 is 2.47 bits per heavy atom. The highest BCUT2D eigenvalue weighted by Crippen LogP contribution is 2.74. The van der Waals surface area contributed by atoms with E-state index in [-0.39, 0.29) is 29.9 Å². The molecule has 0 N–H and O–H groups in total. The molecule has 0 spiro atoms. The van der Waals surface area contributed by atoms with Crippen molar-refractivity contribution in [1.29, 1.82) is 0 Å². The van der Waals surface area contributed by atoms with E-state index in [0.717, 1.165) is 6.42 Å². The summed E-state index contributed by atoms with van der Waals surface area (Å²) >= 11 is 0. The number of rotatable bonds is 2. The van der Waals surface area contributed by atoms with Crippen LogP contribution in [0, 0.1) is 29.6 Å². The van der Waals surface area contributed by atoms with Gasteiger partial charge in [-0.2, -0.15) is 0 Å². The summed E-state index contributed by atoms with van der Waals surface area (Å²) in [6, 6.07) is 0. The summed E-state index contributed by atoms with van der Waals surface area (Å²) in [5, 5.41) is 0. The quantitative estimate of drug-likeness (QED) is 0.626. The first-order chi connectivity index (χ1) is 7.15. The molecule has 4 rings (SSSR count). The predicted molar refractivity (Wildman–Crippen MR) is 49.6 cm³/mol. The van der Waals surface area contributed by atoms with Gasteiger partial charge in [-0.05, 0) is 18.3 Å². The fourth-order valence-corrected chi connectivity index (χ4v) is 3.91. The van der Waals surface area contributed by atoms with Crippen LogP contribution in [-0.4, -0.2) is 25.2 Å². The van der Waals surface area contributed by atoms with Crippen LogP contribution >= 0.6 is 0 Å². The number of carbonyl (C=O) groups excluding carboxylic acids is 2. The van der Waals surface area contributed by atoms with Crippen LogP contribution in [0.3, 0.4) is 0 Å². The third-order valence-corrected chi connectivity index (χ3v) is 4.29. The normalized spacial score (nSPS) is 48.9. The van der Waals surface area contributed by atoms with E-state index >= 15 is 0 Å². The van der Waals surface area contributed by atoms with Gasteiger partial charge in [0.1, 0.15) is 6.10 Å². The zero-order valence-electron chi connectivity index (χ0n) is 8.80. The lowest BCUT2D eigenvalue weighted by Gasteiger charge is -2.18. The summed E-state index contributed by atoms with van der Waals surface area (Å²) in [5.41, 5.74) is 0. The van der Waals surface area contributed by atoms with Crippen molar-refractivity contribution < 1.29 is 19.1 Å². The number of carbonyl (C=O) groups is 2. The molecule has 82 valence electrons. The number of hydrogen-bond donors (Lipinski definition) is 0. The van der Waals surface area contributed by atoms with Crippen LogP contribution in [0.4, 0.5) is 0 Å². The van der Waals surface area contributed by atoms with Crippen molar-refractivity contribution >= 4 is 11.9 Å². The minimum atomic E-state index is -0.234. The van der Waals surface area contributed by atoms with Crippen molar-refractivity contribution in [2.45, 2.75) is 19.4 Å². The standard InChI is InChI=1S/C11H14O4/c1-4(12)15-10-6-3-5-7(8(5)10)9(6)11(13)14-2/h5-10H,3H2,1-2H3/t5-,6+,7?,8?,9+,10+/m1/s1. The summed E-state index contributed by atoms with van der Waals surface area (Å²) in [4.78, 5) is 22.5. The maximum atomic E-state index is 11.6. The summed E-state index contributed by atoms with van der Waals surface area (Å²) in [7, 11) is 1.43. The van der Waals surface area contributed by atoms with Crippen molar-refractivity contribution in [3.63, 3.8) is 0 Å². The van der Waals surface area contributed by atoms with Crippen molar-refractivity contribution in [3.05, 3.63) is 0 Å². The van der Waals surface area contributed by atoms with Gasteiger partial charge in [0, 0.05) is 18.8 Å². The molecular weight excluding hydrogens is 196 g/mol. The van der Waals surface area contributed by atoms with Crippen LogP contribution < -0.4 is 0 Å². The summed E-state index contributed by atoms with van der Waals surface area (Å²) < 4.78 is 10.1. The van der Waals surface area contributed by atoms with Crippen LogP contribution in [0.2, 0.25) is 0 Å².